The molecule has 0 saturated heterocycles. The minimum absolute atomic E-state index is 0.0632. The zero-order valence-corrected chi connectivity index (χ0v) is 13.3. The number of ether oxygens (including phenoxy) is 1. The quantitative estimate of drug-likeness (QED) is 0.784. The van der Waals surface area contributed by atoms with Gasteiger partial charge in [0.15, 0.2) is 0 Å². The largest absolute Gasteiger partial charge is 0.489 e. The van der Waals surface area contributed by atoms with Crippen molar-refractivity contribution in [3.63, 3.8) is 0 Å². The average Bonchev–Trinajstić information content (AvgIpc) is 2.56. The molecule has 0 spiro atoms. The number of aliphatic hydroxyl groups excluding tert-OH is 1. The van der Waals surface area contributed by atoms with Crippen LogP contribution in [0.4, 0.5) is 4.39 Å². The van der Waals surface area contributed by atoms with Crippen LogP contribution in [-0.4, -0.2) is 36.8 Å². The summed E-state index contributed by atoms with van der Waals surface area (Å²) in [6.07, 6.45) is 0. The van der Waals surface area contributed by atoms with Gasteiger partial charge in [0.05, 0.1) is 6.61 Å². The van der Waals surface area contributed by atoms with Gasteiger partial charge in [0.1, 0.15) is 18.2 Å². The maximum absolute atomic E-state index is 12.9. The molecule has 0 aliphatic heterocycles. The van der Waals surface area contributed by atoms with Crippen molar-refractivity contribution in [2.24, 2.45) is 5.73 Å². The molecule has 0 amide bonds. The fourth-order valence-electron chi connectivity index (χ4n) is 2.42. The van der Waals surface area contributed by atoms with Crippen LogP contribution in [0.1, 0.15) is 17.2 Å². The predicted octanol–water partition coefficient (Wildman–Crippen LogP) is 2.33. The summed E-state index contributed by atoms with van der Waals surface area (Å²) in [6, 6.07) is 14.1. The highest BCUT2D eigenvalue weighted by Crippen LogP contribution is 2.22. The lowest BCUT2D eigenvalue weighted by atomic mass is 10.1. The number of rotatable bonds is 8. The summed E-state index contributed by atoms with van der Waals surface area (Å²) < 4.78 is 18.6. The van der Waals surface area contributed by atoms with E-state index in [1.54, 1.807) is 12.1 Å². The molecular weight excluding hydrogens is 295 g/mol. The Kier molecular flexibility index (Phi) is 6.52. The van der Waals surface area contributed by atoms with Gasteiger partial charge in [-0.05, 0) is 42.4 Å². The summed E-state index contributed by atoms with van der Waals surface area (Å²) >= 11 is 0. The van der Waals surface area contributed by atoms with Crippen LogP contribution in [0.2, 0.25) is 0 Å². The van der Waals surface area contributed by atoms with Crippen molar-refractivity contribution < 1.29 is 14.2 Å². The molecule has 2 rings (SSSR count). The molecule has 0 saturated carbocycles. The smallest absolute Gasteiger partial charge is 0.123 e. The minimum Gasteiger partial charge on any atom is -0.489 e. The molecule has 2 aromatic rings. The number of likely N-dealkylation sites (N-methyl/N-ethyl adjacent to an activating group) is 1. The highest BCUT2D eigenvalue weighted by atomic mass is 19.1. The molecule has 0 aliphatic carbocycles. The highest BCUT2D eigenvalue weighted by Gasteiger charge is 2.14. The zero-order chi connectivity index (χ0) is 16.7. The molecule has 2 aromatic carbocycles. The standard InChI is InChI=1S/C18H23FN2O2/c1-21(10-11-22)18(12-20)15-4-8-17(9-5-15)23-13-14-2-6-16(19)7-3-14/h2-9,18,22H,10-13,20H2,1H3. The van der Waals surface area contributed by atoms with Gasteiger partial charge >= 0.3 is 0 Å². The Balaban J connectivity index is 1.96. The normalized spacial score (nSPS) is 12.4. The van der Waals surface area contributed by atoms with Crippen LogP contribution in [0, 0.1) is 5.82 Å². The maximum Gasteiger partial charge on any atom is 0.123 e. The van der Waals surface area contributed by atoms with E-state index in [4.69, 9.17) is 15.6 Å². The second kappa shape index (κ2) is 8.62. The van der Waals surface area contributed by atoms with Crippen molar-refractivity contribution in [1.82, 2.24) is 4.90 Å². The van der Waals surface area contributed by atoms with Crippen LogP contribution in [0.25, 0.3) is 0 Å². The lowest BCUT2D eigenvalue weighted by Crippen LogP contribution is -2.32. The lowest BCUT2D eigenvalue weighted by Gasteiger charge is -2.26. The first-order valence-electron chi connectivity index (χ1n) is 7.62. The van der Waals surface area contributed by atoms with Gasteiger partial charge in [-0.15, -0.1) is 0 Å². The third kappa shape index (κ3) is 5.03. The third-order valence-electron chi connectivity index (χ3n) is 3.79. The first-order valence-corrected chi connectivity index (χ1v) is 7.62. The van der Waals surface area contributed by atoms with Crippen LogP contribution < -0.4 is 10.5 Å². The molecule has 3 N–H and O–H groups in total. The van der Waals surface area contributed by atoms with Crippen molar-refractivity contribution in [3.05, 3.63) is 65.5 Å². The Morgan fingerprint density at radius 1 is 1.13 bits per heavy atom. The van der Waals surface area contributed by atoms with E-state index >= 15 is 0 Å². The van der Waals surface area contributed by atoms with E-state index in [-0.39, 0.29) is 18.5 Å². The number of hydrogen-bond donors (Lipinski definition) is 2. The van der Waals surface area contributed by atoms with Crippen molar-refractivity contribution in [3.8, 4) is 5.75 Å². The van der Waals surface area contributed by atoms with Crippen LogP contribution in [0.15, 0.2) is 48.5 Å². The molecule has 1 atom stereocenters. The van der Waals surface area contributed by atoms with Crippen LogP contribution in [-0.2, 0) is 6.61 Å². The summed E-state index contributed by atoms with van der Waals surface area (Å²) in [7, 11) is 1.94. The van der Waals surface area contributed by atoms with Gasteiger partial charge in [-0.3, -0.25) is 4.90 Å². The van der Waals surface area contributed by atoms with Gasteiger partial charge in [0, 0.05) is 19.1 Å². The first-order chi connectivity index (χ1) is 11.1. The summed E-state index contributed by atoms with van der Waals surface area (Å²) in [4.78, 5) is 2.02. The van der Waals surface area contributed by atoms with E-state index in [9.17, 15) is 4.39 Å². The Bertz CT molecular complexity index is 587. The molecular formula is C18H23FN2O2. The Hall–Kier alpha value is -1.95. The Labute approximate surface area is 136 Å². The summed E-state index contributed by atoms with van der Waals surface area (Å²) in [5.74, 6) is 0.497. The zero-order valence-electron chi connectivity index (χ0n) is 13.3. The highest BCUT2D eigenvalue weighted by molar-refractivity contribution is 5.30. The molecule has 0 heterocycles. The summed E-state index contributed by atoms with van der Waals surface area (Å²) in [5.41, 5.74) is 7.83. The van der Waals surface area contributed by atoms with E-state index in [0.717, 1.165) is 16.9 Å². The molecule has 0 bridgehead atoms. The maximum atomic E-state index is 12.9. The fourth-order valence-corrected chi connectivity index (χ4v) is 2.42. The van der Waals surface area contributed by atoms with E-state index in [2.05, 4.69) is 0 Å². The molecule has 5 heteroatoms. The van der Waals surface area contributed by atoms with Crippen molar-refractivity contribution >= 4 is 0 Å². The Morgan fingerprint density at radius 2 is 1.78 bits per heavy atom. The number of nitrogens with zero attached hydrogens (tertiary/aromatic N) is 1. The van der Waals surface area contributed by atoms with Gasteiger partial charge in [-0.25, -0.2) is 4.39 Å². The van der Waals surface area contributed by atoms with E-state index in [0.29, 0.717) is 19.7 Å². The average molecular weight is 318 g/mol. The van der Waals surface area contributed by atoms with Crippen LogP contribution >= 0.6 is 0 Å². The first kappa shape index (κ1) is 17.4. The predicted molar refractivity (Wildman–Crippen MR) is 88.7 cm³/mol. The van der Waals surface area contributed by atoms with E-state index in [1.807, 2.05) is 36.2 Å². The van der Waals surface area contributed by atoms with Crippen LogP contribution in [0.5, 0.6) is 5.75 Å². The second-order valence-corrected chi connectivity index (χ2v) is 5.44. The number of benzene rings is 2. The molecule has 124 valence electrons. The molecule has 0 radical (unpaired) electrons. The monoisotopic (exact) mass is 318 g/mol. The molecule has 23 heavy (non-hydrogen) atoms. The van der Waals surface area contributed by atoms with Gasteiger partial charge in [-0.1, -0.05) is 24.3 Å². The molecule has 1 unspecified atom stereocenters. The van der Waals surface area contributed by atoms with E-state index in [1.165, 1.54) is 12.1 Å². The number of hydrogen-bond acceptors (Lipinski definition) is 4. The molecule has 0 aliphatic rings. The van der Waals surface area contributed by atoms with Crippen molar-refractivity contribution in [2.45, 2.75) is 12.6 Å². The molecule has 0 fully saturated rings. The summed E-state index contributed by atoms with van der Waals surface area (Å²) in [5, 5.41) is 9.04. The summed E-state index contributed by atoms with van der Waals surface area (Å²) in [6.45, 7) is 1.55. The van der Waals surface area contributed by atoms with Gasteiger partial charge < -0.3 is 15.6 Å². The molecule has 0 aromatic heterocycles. The van der Waals surface area contributed by atoms with E-state index < -0.39 is 0 Å². The number of aliphatic hydroxyl groups is 1. The number of nitrogens with two attached hydrogens (primary N) is 1. The Morgan fingerprint density at radius 3 is 2.35 bits per heavy atom. The number of halogens is 1. The van der Waals surface area contributed by atoms with Crippen LogP contribution in [0.3, 0.4) is 0 Å². The van der Waals surface area contributed by atoms with Gasteiger partial charge in [0.25, 0.3) is 0 Å². The minimum atomic E-state index is -0.252. The SMILES string of the molecule is CN(CCO)C(CN)c1ccc(OCc2ccc(F)cc2)cc1. The third-order valence-corrected chi connectivity index (χ3v) is 3.79. The second-order valence-electron chi connectivity index (χ2n) is 5.44. The topological polar surface area (TPSA) is 58.7 Å². The van der Waals surface area contributed by atoms with Gasteiger partial charge in [0.2, 0.25) is 0 Å². The lowest BCUT2D eigenvalue weighted by molar-refractivity contribution is 0.183. The van der Waals surface area contributed by atoms with Crippen molar-refractivity contribution in [2.75, 3.05) is 26.7 Å². The van der Waals surface area contributed by atoms with Crippen molar-refractivity contribution in [1.29, 1.82) is 0 Å². The van der Waals surface area contributed by atoms with Gasteiger partial charge in [-0.2, -0.15) is 0 Å². The fraction of sp³-hybridized carbons (Fsp3) is 0.333. The molecule has 4 nitrogen and oxygen atoms in total.